The Morgan fingerprint density at radius 1 is 1.38 bits per heavy atom. The molecular weight excluding hydrogens is 304 g/mol. The zero-order valence-corrected chi connectivity index (χ0v) is 14.6. The molecule has 0 saturated carbocycles. The summed E-state index contributed by atoms with van der Waals surface area (Å²) in [7, 11) is 0. The second-order valence-electron chi connectivity index (χ2n) is 6.75. The lowest BCUT2D eigenvalue weighted by molar-refractivity contribution is 0.0408. The molecule has 0 radical (unpaired) electrons. The second-order valence-corrected chi connectivity index (χ2v) is 6.75. The molecule has 6 heteroatoms. The van der Waals surface area contributed by atoms with Crippen LogP contribution in [0.15, 0.2) is 30.5 Å². The van der Waals surface area contributed by atoms with E-state index in [-0.39, 0.29) is 6.04 Å². The highest BCUT2D eigenvalue weighted by Crippen LogP contribution is 2.31. The Balaban J connectivity index is 1.67. The van der Waals surface area contributed by atoms with Crippen molar-refractivity contribution >= 4 is 0 Å². The van der Waals surface area contributed by atoms with Gasteiger partial charge in [-0.25, -0.2) is 4.68 Å². The summed E-state index contributed by atoms with van der Waals surface area (Å²) >= 11 is 0. The van der Waals surface area contributed by atoms with Crippen molar-refractivity contribution in [2.45, 2.75) is 45.4 Å². The first kappa shape index (κ1) is 16.9. The van der Waals surface area contributed by atoms with E-state index >= 15 is 0 Å². The molecule has 1 unspecified atom stereocenters. The largest absolute Gasteiger partial charge is 0.494 e. The van der Waals surface area contributed by atoms with Crippen LogP contribution in [0.1, 0.15) is 44.5 Å². The number of aliphatic hydroxyl groups is 1. The fourth-order valence-corrected chi connectivity index (χ4v) is 3.12. The average molecular weight is 330 g/mol. The molecule has 3 rings (SSSR count). The quantitative estimate of drug-likeness (QED) is 0.881. The van der Waals surface area contributed by atoms with Crippen LogP contribution in [0, 0.1) is 0 Å². The summed E-state index contributed by atoms with van der Waals surface area (Å²) < 4.78 is 7.35. The Morgan fingerprint density at radius 3 is 2.92 bits per heavy atom. The molecule has 130 valence electrons. The average Bonchev–Trinajstić information content (AvgIpc) is 3.16. The number of β-amino-alcohol motifs (C(OH)–C–C–N with tert-alkyl or cyclic N) is 1. The van der Waals surface area contributed by atoms with Crippen LogP contribution in [0.2, 0.25) is 0 Å². The van der Waals surface area contributed by atoms with Crippen LogP contribution in [0.3, 0.4) is 0 Å². The Labute approximate surface area is 143 Å². The van der Waals surface area contributed by atoms with Crippen LogP contribution in [-0.4, -0.2) is 44.7 Å². The van der Waals surface area contributed by atoms with Crippen molar-refractivity contribution < 1.29 is 9.84 Å². The molecule has 0 bridgehead atoms. The van der Waals surface area contributed by atoms with Gasteiger partial charge in [-0.05, 0) is 44.9 Å². The van der Waals surface area contributed by atoms with Gasteiger partial charge in [-0.15, -0.1) is 5.10 Å². The molecule has 1 saturated heterocycles. The van der Waals surface area contributed by atoms with E-state index < -0.39 is 5.60 Å². The van der Waals surface area contributed by atoms with Gasteiger partial charge in [0.2, 0.25) is 0 Å². The van der Waals surface area contributed by atoms with Crippen molar-refractivity contribution in [1.82, 2.24) is 19.9 Å². The monoisotopic (exact) mass is 330 g/mol. The minimum Gasteiger partial charge on any atom is -0.494 e. The minimum absolute atomic E-state index is 0.244. The highest BCUT2D eigenvalue weighted by molar-refractivity contribution is 5.28. The highest BCUT2D eigenvalue weighted by Gasteiger charge is 2.40. The predicted octanol–water partition coefficient (Wildman–Crippen LogP) is 2.35. The third-order valence-electron chi connectivity index (χ3n) is 4.46. The molecule has 1 aromatic heterocycles. The molecule has 2 aromatic rings. The fourth-order valence-electron chi connectivity index (χ4n) is 3.12. The third kappa shape index (κ3) is 3.60. The smallest absolute Gasteiger partial charge is 0.124 e. The normalized spacial score (nSPS) is 21.5. The summed E-state index contributed by atoms with van der Waals surface area (Å²) in [6.45, 7) is 8.95. The molecule has 1 aliphatic rings. The van der Waals surface area contributed by atoms with Gasteiger partial charge in [-0.1, -0.05) is 17.3 Å². The van der Waals surface area contributed by atoms with Crippen molar-refractivity contribution in [2.75, 3.05) is 19.7 Å². The molecule has 24 heavy (non-hydrogen) atoms. The zero-order chi connectivity index (χ0) is 17.2. The van der Waals surface area contributed by atoms with Gasteiger partial charge in [-0.2, -0.15) is 0 Å². The van der Waals surface area contributed by atoms with Crippen LogP contribution >= 0.6 is 0 Å². The molecule has 1 N–H and O–H groups in total. The second kappa shape index (κ2) is 6.91. The van der Waals surface area contributed by atoms with E-state index in [1.807, 2.05) is 25.3 Å². The van der Waals surface area contributed by atoms with E-state index in [0.717, 1.165) is 18.8 Å². The molecule has 1 aliphatic heterocycles. The van der Waals surface area contributed by atoms with Gasteiger partial charge in [0.05, 0.1) is 12.8 Å². The molecule has 1 aromatic carbocycles. The molecule has 1 atom stereocenters. The van der Waals surface area contributed by atoms with Gasteiger partial charge in [-0.3, -0.25) is 4.90 Å². The van der Waals surface area contributed by atoms with Gasteiger partial charge in [0.15, 0.2) is 0 Å². The number of nitrogens with zero attached hydrogens (tertiary/aromatic N) is 4. The van der Waals surface area contributed by atoms with Crippen molar-refractivity contribution in [3.63, 3.8) is 0 Å². The number of hydrogen-bond acceptors (Lipinski definition) is 5. The number of rotatable bonds is 6. The van der Waals surface area contributed by atoms with E-state index in [1.165, 1.54) is 5.56 Å². The Hall–Kier alpha value is -1.92. The zero-order valence-electron chi connectivity index (χ0n) is 14.6. The third-order valence-corrected chi connectivity index (χ3v) is 4.46. The fraction of sp³-hybridized carbons (Fsp3) is 0.556. The lowest BCUT2D eigenvalue weighted by atomic mass is 10.00. The summed E-state index contributed by atoms with van der Waals surface area (Å²) in [5, 5.41) is 19.3. The van der Waals surface area contributed by atoms with E-state index in [4.69, 9.17) is 4.74 Å². The molecule has 2 heterocycles. The first-order valence-corrected chi connectivity index (χ1v) is 8.59. The molecular formula is C18H26N4O2. The SMILES string of the molecule is CCOc1cccc(CN2CCC(O)(c3cn(C(C)C)nn3)C2)c1. The number of likely N-dealkylation sites (tertiary alicyclic amines) is 1. The van der Waals surface area contributed by atoms with Crippen LogP contribution in [0.25, 0.3) is 0 Å². The lowest BCUT2D eigenvalue weighted by Crippen LogP contribution is -2.31. The van der Waals surface area contributed by atoms with E-state index in [9.17, 15) is 5.11 Å². The van der Waals surface area contributed by atoms with Crippen LogP contribution < -0.4 is 4.74 Å². The summed E-state index contributed by atoms with van der Waals surface area (Å²) in [6.07, 6.45) is 2.54. The topological polar surface area (TPSA) is 63.4 Å². The maximum Gasteiger partial charge on any atom is 0.124 e. The van der Waals surface area contributed by atoms with Gasteiger partial charge in [0.1, 0.15) is 17.0 Å². The van der Waals surface area contributed by atoms with Gasteiger partial charge in [0.25, 0.3) is 0 Å². The summed E-state index contributed by atoms with van der Waals surface area (Å²) in [5.74, 6) is 0.893. The standard InChI is InChI=1S/C18H26N4O2/c1-4-24-16-7-5-6-15(10-16)11-21-9-8-18(23,13-21)17-12-22(14(2)3)20-19-17/h5-7,10,12,14,23H,4,8-9,11,13H2,1-3H3. The van der Waals surface area contributed by atoms with Crippen molar-refractivity contribution in [2.24, 2.45) is 0 Å². The van der Waals surface area contributed by atoms with E-state index in [0.29, 0.717) is 25.3 Å². The van der Waals surface area contributed by atoms with Crippen LogP contribution in [0.5, 0.6) is 5.75 Å². The van der Waals surface area contributed by atoms with Crippen molar-refractivity contribution in [3.8, 4) is 5.75 Å². The lowest BCUT2D eigenvalue weighted by Gasteiger charge is -2.21. The first-order valence-electron chi connectivity index (χ1n) is 8.59. The molecule has 0 aliphatic carbocycles. The molecule has 0 spiro atoms. The molecule has 1 fully saturated rings. The predicted molar refractivity (Wildman–Crippen MR) is 91.8 cm³/mol. The highest BCUT2D eigenvalue weighted by atomic mass is 16.5. The van der Waals surface area contributed by atoms with Gasteiger partial charge in [0, 0.05) is 25.7 Å². The van der Waals surface area contributed by atoms with Crippen LogP contribution in [0.4, 0.5) is 0 Å². The number of aromatic nitrogens is 3. The van der Waals surface area contributed by atoms with Gasteiger partial charge >= 0.3 is 0 Å². The number of benzene rings is 1. The maximum atomic E-state index is 11.0. The molecule has 0 amide bonds. The van der Waals surface area contributed by atoms with Gasteiger partial charge < -0.3 is 9.84 Å². The Morgan fingerprint density at radius 2 is 2.21 bits per heavy atom. The maximum absolute atomic E-state index is 11.0. The molecule has 6 nitrogen and oxygen atoms in total. The van der Waals surface area contributed by atoms with Crippen molar-refractivity contribution in [1.29, 1.82) is 0 Å². The van der Waals surface area contributed by atoms with Crippen molar-refractivity contribution in [3.05, 3.63) is 41.7 Å². The summed E-state index contributed by atoms with van der Waals surface area (Å²) in [5.41, 5.74) is 0.947. The van der Waals surface area contributed by atoms with Crippen LogP contribution in [-0.2, 0) is 12.1 Å². The Bertz CT molecular complexity index is 685. The summed E-state index contributed by atoms with van der Waals surface area (Å²) in [4.78, 5) is 2.25. The Kier molecular flexibility index (Phi) is 4.87. The number of hydrogen-bond donors (Lipinski definition) is 1. The minimum atomic E-state index is -0.912. The van der Waals surface area contributed by atoms with E-state index in [2.05, 4.69) is 41.2 Å². The first-order chi connectivity index (χ1) is 11.5. The number of ether oxygens (including phenoxy) is 1. The van der Waals surface area contributed by atoms with E-state index in [1.54, 1.807) is 4.68 Å². The summed E-state index contributed by atoms with van der Waals surface area (Å²) in [6, 6.07) is 8.38.